The second kappa shape index (κ2) is 17.3. The highest BCUT2D eigenvalue weighted by Gasteiger charge is 2.41. The van der Waals surface area contributed by atoms with Crippen molar-refractivity contribution in [3.05, 3.63) is 79.9 Å². The molecule has 284 valence electrons. The molecule has 18 nitrogen and oxygen atoms in total. The van der Waals surface area contributed by atoms with E-state index in [0.29, 0.717) is 30.4 Å². The summed E-state index contributed by atoms with van der Waals surface area (Å²) in [7, 11) is 5.00. The smallest absolute Gasteiger partial charge is 0.328 e. The number of unbranched alkanes of at least 4 members (excludes halogenated alkanes) is 2. The molecule has 2 aliphatic heterocycles. The molecule has 18 heteroatoms. The maximum absolute atomic E-state index is 13.4. The molecule has 2 saturated heterocycles. The van der Waals surface area contributed by atoms with Crippen molar-refractivity contribution >= 4 is 35.1 Å². The second-order valence-corrected chi connectivity index (χ2v) is 12.2. The van der Waals surface area contributed by atoms with E-state index in [1.807, 2.05) is 0 Å². The minimum Gasteiger partial charge on any atom is -0.493 e. The summed E-state index contributed by atoms with van der Waals surface area (Å²) in [6.07, 6.45) is 1.82. The van der Waals surface area contributed by atoms with E-state index in [1.165, 1.54) is 50.4 Å². The Kier molecular flexibility index (Phi) is 13.0. The third-order valence-corrected chi connectivity index (χ3v) is 8.69. The van der Waals surface area contributed by atoms with E-state index in [1.54, 1.807) is 0 Å². The van der Waals surface area contributed by atoms with Gasteiger partial charge in [0.15, 0.2) is 23.0 Å². The van der Waals surface area contributed by atoms with Gasteiger partial charge in [-0.1, -0.05) is 24.3 Å². The van der Waals surface area contributed by atoms with Crippen LogP contribution in [0.4, 0.5) is 11.4 Å². The predicted octanol–water partition coefficient (Wildman–Crippen LogP) is 4.04. The van der Waals surface area contributed by atoms with Crippen LogP contribution in [0.5, 0.6) is 23.0 Å². The van der Waals surface area contributed by atoms with Gasteiger partial charge >= 0.3 is 11.9 Å². The number of esters is 2. The quantitative estimate of drug-likeness (QED) is 0.0781. The van der Waals surface area contributed by atoms with E-state index in [9.17, 15) is 39.4 Å². The Labute approximate surface area is 304 Å². The van der Waals surface area contributed by atoms with Crippen LogP contribution in [-0.2, 0) is 19.1 Å². The summed E-state index contributed by atoms with van der Waals surface area (Å²) in [6.45, 7) is 7.95. The number of nitro groups is 2. The fourth-order valence-electron chi connectivity index (χ4n) is 6.06. The highest BCUT2D eigenvalue weighted by molar-refractivity contribution is 6.02. The number of ether oxygens (including phenoxy) is 6. The van der Waals surface area contributed by atoms with Crippen LogP contribution in [0.25, 0.3) is 0 Å². The standard InChI is InChI=1S/C35H40N4O14/c1-20-12-26(34(42)50-5)36(18-20)32(40)22-14-28(48-3)30(16-24(22)38(44)45)52-10-8-7-9-11-53-31-17-25(39(46)47)23(15-29(31)49-4)33(41)37-19-21(2)13-27(37)35(43)51-6/h14-17,26-27H,1-2,7-13,18-19H2,3-6H3. The second-order valence-electron chi connectivity index (χ2n) is 12.2. The molecule has 2 aliphatic rings. The lowest BCUT2D eigenvalue weighted by Crippen LogP contribution is -2.41. The molecule has 0 saturated carbocycles. The first kappa shape index (κ1) is 39.6. The summed E-state index contributed by atoms with van der Waals surface area (Å²) in [5, 5.41) is 24.0. The van der Waals surface area contributed by atoms with Gasteiger partial charge < -0.3 is 38.2 Å². The number of benzene rings is 2. The number of amides is 2. The van der Waals surface area contributed by atoms with Crippen LogP contribution in [0.2, 0.25) is 0 Å². The van der Waals surface area contributed by atoms with Crippen molar-refractivity contribution < 1.29 is 57.4 Å². The lowest BCUT2D eigenvalue weighted by Gasteiger charge is -2.22. The number of hydrogen-bond donors (Lipinski definition) is 0. The van der Waals surface area contributed by atoms with Crippen LogP contribution in [-0.4, -0.2) is 110 Å². The van der Waals surface area contributed by atoms with Crippen LogP contribution in [0, 0.1) is 20.2 Å². The SMILES string of the molecule is C=C1CC(C(=O)OC)N(C(=O)c2cc(OC)c(OCCCCCOc3cc([N+](=O)[O-])c(C(=O)N4CC(=C)CC4C(=O)OC)cc3OC)cc2[N+](=O)[O-])C1. The molecular weight excluding hydrogens is 700 g/mol. The number of nitrogens with zero attached hydrogens (tertiary/aromatic N) is 4. The third-order valence-electron chi connectivity index (χ3n) is 8.69. The molecule has 2 heterocycles. The van der Waals surface area contributed by atoms with E-state index in [0.717, 1.165) is 12.1 Å². The molecule has 0 N–H and O–H groups in total. The Morgan fingerprint density at radius 1 is 0.660 bits per heavy atom. The number of rotatable bonds is 16. The van der Waals surface area contributed by atoms with Gasteiger partial charge in [0.2, 0.25) is 0 Å². The van der Waals surface area contributed by atoms with Crippen molar-refractivity contribution in [3.8, 4) is 23.0 Å². The van der Waals surface area contributed by atoms with Crippen molar-refractivity contribution in [2.75, 3.05) is 54.7 Å². The number of carbonyl (C=O) groups excluding carboxylic acids is 4. The highest BCUT2D eigenvalue weighted by Crippen LogP contribution is 2.38. The molecular formula is C35H40N4O14. The summed E-state index contributed by atoms with van der Waals surface area (Å²) in [4.78, 5) is 76.3. The van der Waals surface area contributed by atoms with Crippen LogP contribution in [0.15, 0.2) is 48.6 Å². The lowest BCUT2D eigenvalue weighted by atomic mass is 10.1. The number of nitro benzene ring substituents is 2. The topological polar surface area (TPSA) is 216 Å². The Hall–Kier alpha value is -6.20. The zero-order valence-electron chi connectivity index (χ0n) is 29.7. The molecule has 2 unspecified atom stereocenters. The molecule has 2 atom stereocenters. The Morgan fingerprint density at radius 3 is 1.36 bits per heavy atom. The van der Waals surface area contributed by atoms with Gasteiger partial charge in [-0.05, 0) is 19.3 Å². The van der Waals surface area contributed by atoms with Gasteiger partial charge in [-0.3, -0.25) is 29.8 Å². The summed E-state index contributed by atoms with van der Waals surface area (Å²) >= 11 is 0. The van der Waals surface area contributed by atoms with E-state index < -0.39 is 57.1 Å². The zero-order valence-corrected chi connectivity index (χ0v) is 29.7. The first-order chi connectivity index (χ1) is 25.3. The molecule has 0 spiro atoms. The van der Waals surface area contributed by atoms with Gasteiger partial charge in [0.05, 0.1) is 63.6 Å². The van der Waals surface area contributed by atoms with Crippen LogP contribution >= 0.6 is 0 Å². The molecule has 2 aromatic carbocycles. The molecule has 53 heavy (non-hydrogen) atoms. The Balaban J connectivity index is 1.38. The van der Waals surface area contributed by atoms with Gasteiger partial charge in [0, 0.05) is 38.1 Å². The highest BCUT2D eigenvalue weighted by atomic mass is 16.6. The van der Waals surface area contributed by atoms with E-state index in [2.05, 4.69) is 13.2 Å². The molecule has 0 aliphatic carbocycles. The molecule has 2 amide bonds. The average molecular weight is 741 g/mol. The molecule has 0 radical (unpaired) electrons. The van der Waals surface area contributed by atoms with Crippen LogP contribution in [0.3, 0.4) is 0 Å². The van der Waals surface area contributed by atoms with Crippen LogP contribution in [0.1, 0.15) is 52.8 Å². The maximum Gasteiger partial charge on any atom is 0.328 e. The fourth-order valence-corrected chi connectivity index (χ4v) is 6.06. The monoisotopic (exact) mass is 740 g/mol. The van der Waals surface area contributed by atoms with Crippen molar-refractivity contribution in [3.63, 3.8) is 0 Å². The Morgan fingerprint density at radius 2 is 1.04 bits per heavy atom. The van der Waals surface area contributed by atoms with Gasteiger partial charge in [-0.25, -0.2) is 9.59 Å². The Bertz CT molecular complexity index is 1700. The summed E-state index contributed by atoms with van der Waals surface area (Å²) in [5.41, 5.74) is -0.462. The van der Waals surface area contributed by atoms with Gasteiger partial charge in [-0.15, -0.1) is 0 Å². The minimum atomic E-state index is -0.964. The summed E-state index contributed by atoms with van der Waals surface area (Å²) in [6, 6.07) is 2.66. The van der Waals surface area contributed by atoms with Crippen molar-refractivity contribution in [1.29, 1.82) is 0 Å². The molecule has 0 bridgehead atoms. The van der Waals surface area contributed by atoms with Crippen molar-refractivity contribution in [2.45, 2.75) is 44.2 Å². The molecule has 0 aromatic heterocycles. The van der Waals surface area contributed by atoms with E-state index >= 15 is 0 Å². The first-order valence-electron chi connectivity index (χ1n) is 16.3. The van der Waals surface area contributed by atoms with E-state index in [4.69, 9.17) is 28.4 Å². The molecule has 2 aromatic rings. The van der Waals surface area contributed by atoms with E-state index in [-0.39, 0.29) is 73.3 Å². The van der Waals surface area contributed by atoms with Gasteiger partial charge in [0.25, 0.3) is 23.2 Å². The number of hydrogen-bond acceptors (Lipinski definition) is 14. The summed E-state index contributed by atoms with van der Waals surface area (Å²) < 4.78 is 31.9. The lowest BCUT2D eigenvalue weighted by molar-refractivity contribution is -0.385. The first-order valence-corrected chi connectivity index (χ1v) is 16.3. The molecule has 4 rings (SSSR count). The zero-order chi connectivity index (χ0) is 39.0. The van der Waals surface area contributed by atoms with Gasteiger partial charge in [-0.2, -0.15) is 0 Å². The number of carbonyl (C=O) groups is 4. The fraction of sp³-hybridized carbons (Fsp3) is 0.429. The van der Waals surface area contributed by atoms with Crippen molar-refractivity contribution in [1.82, 2.24) is 9.80 Å². The molecule has 2 fully saturated rings. The number of likely N-dealkylation sites (tertiary alicyclic amines) is 2. The minimum absolute atomic E-state index is 0.0308. The average Bonchev–Trinajstić information content (AvgIpc) is 3.74. The summed E-state index contributed by atoms with van der Waals surface area (Å²) in [5.74, 6) is -2.64. The third kappa shape index (κ3) is 8.82. The van der Waals surface area contributed by atoms with Gasteiger partial charge in [0.1, 0.15) is 23.2 Å². The number of methoxy groups -OCH3 is 4. The van der Waals surface area contributed by atoms with Crippen LogP contribution < -0.4 is 18.9 Å². The van der Waals surface area contributed by atoms with Crippen molar-refractivity contribution in [2.24, 2.45) is 0 Å². The predicted molar refractivity (Wildman–Crippen MR) is 185 cm³/mol. The maximum atomic E-state index is 13.4. The largest absolute Gasteiger partial charge is 0.493 e. The normalized spacial score (nSPS) is 16.6.